The van der Waals surface area contributed by atoms with Crippen molar-refractivity contribution in [3.63, 3.8) is 0 Å². The highest BCUT2D eigenvalue weighted by Gasteiger charge is 2.59. The average molecular weight is 633 g/mol. The van der Waals surface area contributed by atoms with Gasteiger partial charge in [-0.15, -0.1) is 0 Å². The number of sulfone groups is 1. The van der Waals surface area contributed by atoms with E-state index in [9.17, 15) is 53.9 Å². The van der Waals surface area contributed by atoms with E-state index < -0.39 is 111 Å². The summed E-state index contributed by atoms with van der Waals surface area (Å²) in [6.45, 7) is 3.97. The Morgan fingerprint density at radius 1 is 1.14 bits per heavy atom. The molecule has 10 nitrogen and oxygen atoms in total. The molecule has 2 aliphatic heterocycles. The lowest BCUT2D eigenvalue weighted by Crippen LogP contribution is -2.60. The fourth-order valence-electron chi connectivity index (χ4n) is 5.78. The SMILES string of the molecule is CC(C)(C)[C@H](NC(=O)C(F)(F)F)C(=O)N1C[C@@H]2CC(F)(F)C[C@@H]2[C@H]1C(=O)N[C@H](/C=C(/F)S(C)(=O)=O)C[C@H]1CCNC1=O. The Morgan fingerprint density at radius 3 is 2.26 bits per heavy atom. The van der Waals surface area contributed by atoms with Crippen molar-refractivity contribution in [1.82, 2.24) is 20.9 Å². The lowest BCUT2D eigenvalue weighted by atomic mass is 9.85. The number of likely N-dealkylation sites (tertiary alicyclic amines) is 1. The zero-order chi connectivity index (χ0) is 32.0. The Labute approximate surface area is 238 Å². The Kier molecular flexibility index (Phi) is 9.36. The summed E-state index contributed by atoms with van der Waals surface area (Å²) < 4.78 is 106. The molecule has 0 unspecified atom stereocenters. The standard InChI is InChI=1S/C25H34F6N4O6S/c1-23(2,3)18(34-22(39)25(29,30)31)21(38)35-11-13-9-24(27,28)10-15(13)17(35)20(37)33-14(8-16(26)42(4,40)41)7-12-5-6-32-19(12)36/h8,12-15,17-18H,5-7,9-11H2,1-4H3,(H,32,36)(H,33,37)(H,34,39)/b16-8-/t12-,13+,14+,15+,17+,18-/m1/s1. The highest BCUT2D eigenvalue weighted by atomic mass is 32.2. The van der Waals surface area contributed by atoms with Crippen molar-refractivity contribution in [3.05, 3.63) is 11.2 Å². The third-order valence-electron chi connectivity index (χ3n) is 7.79. The van der Waals surface area contributed by atoms with E-state index in [-0.39, 0.29) is 19.4 Å². The van der Waals surface area contributed by atoms with Crippen LogP contribution >= 0.6 is 0 Å². The quantitative estimate of drug-likeness (QED) is 0.349. The molecule has 4 amide bonds. The first kappa shape index (κ1) is 33.6. The van der Waals surface area contributed by atoms with E-state index in [0.717, 1.165) is 4.90 Å². The zero-order valence-corrected chi connectivity index (χ0v) is 24.2. The van der Waals surface area contributed by atoms with E-state index in [1.807, 2.05) is 0 Å². The Hall–Kier alpha value is -2.85. The van der Waals surface area contributed by atoms with Gasteiger partial charge in [0.25, 0.3) is 0 Å². The van der Waals surface area contributed by atoms with Gasteiger partial charge in [-0.05, 0) is 36.2 Å². The molecule has 6 atom stereocenters. The number of fused-ring (bicyclic) bond motifs is 1. The summed E-state index contributed by atoms with van der Waals surface area (Å²) in [5, 5.41) is 4.95. The second kappa shape index (κ2) is 11.7. The molecule has 0 aromatic rings. The maximum atomic E-state index is 14.5. The summed E-state index contributed by atoms with van der Waals surface area (Å²) in [4.78, 5) is 52.0. The van der Waals surface area contributed by atoms with Gasteiger partial charge in [-0.2, -0.15) is 17.6 Å². The maximum Gasteiger partial charge on any atom is 0.471 e. The van der Waals surface area contributed by atoms with Gasteiger partial charge in [0.15, 0.2) is 0 Å². The van der Waals surface area contributed by atoms with Gasteiger partial charge < -0.3 is 20.9 Å². The van der Waals surface area contributed by atoms with Gasteiger partial charge in [-0.25, -0.2) is 17.2 Å². The highest BCUT2D eigenvalue weighted by Crippen LogP contribution is 2.50. The molecule has 42 heavy (non-hydrogen) atoms. The molecular formula is C25H34F6N4O6S. The third-order valence-corrected chi connectivity index (χ3v) is 8.63. The average Bonchev–Trinajstić information content (AvgIpc) is 3.45. The molecule has 2 saturated heterocycles. The third kappa shape index (κ3) is 7.75. The molecule has 0 spiro atoms. The predicted molar refractivity (Wildman–Crippen MR) is 136 cm³/mol. The lowest BCUT2D eigenvalue weighted by molar-refractivity contribution is -0.176. The number of nitrogens with one attached hydrogen (secondary N) is 3. The molecule has 0 radical (unpaired) electrons. The lowest BCUT2D eigenvalue weighted by Gasteiger charge is -2.37. The fourth-order valence-corrected chi connectivity index (χ4v) is 6.19. The van der Waals surface area contributed by atoms with Crippen molar-refractivity contribution < 1.29 is 53.9 Å². The largest absolute Gasteiger partial charge is 0.471 e. The van der Waals surface area contributed by atoms with Crippen LogP contribution in [0.3, 0.4) is 0 Å². The molecule has 3 aliphatic rings. The summed E-state index contributed by atoms with van der Waals surface area (Å²) in [7, 11) is -4.36. The first-order chi connectivity index (χ1) is 19.0. The number of carbonyl (C=O) groups excluding carboxylic acids is 4. The molecule has 0 aromatic heterocycles. The van der Waals surface area contributed by atoms with Crippen LogP contribution in [0.2, 0.25) is 0 Å². The number of halogens is 6. The Balaban J connectivity index is 1.97. The molecule has 3 rings (SSSR count). The summed E-state index contributed by atoms with van der Waals surface area (Å²) in [6.07, 6.45) is -5.67. The Morgan fingerprint density at radius 2 is 1.76 bits per heavy atom. The highest BCUT2D eigenvalue weighted by molar-refractivity contribution is 7.94. The molecule has 238 valence electrons. The number of rotatable bonds is 8. The van der Waals surface area contributed by atoms with Crippen LogP contribution < -0.4 is 16.0 Å². The topological polar surface area (TPSA) is 142 Å². The number of amides is 4. The molecule has 0 bridgehead atoms. The van der Waals surface area contributed by atoms with E-state index in [4.69, 9.17) is 0 Å². The molecular weight excluding hydrogens is 598 g/mol. The van der Waals surface area contributed by atoms with Gasteiger partial charge in [0.2, 0.25) is 38.6 Å². The molecule has 17 heteroatoms. The summed E-state index contributed by atoms with van der Waals surface area (Å²) >= 11 is 0. The normalized spacial score (nSPS) is 27.7. The first-order valence-corrected chi connectivity index (χ1v) is 15.1. The second-order valence-electron chi connectivity index (χ2n) is 12.3. The summed E-state index contributed by atoms with van der Waals surface area (Å²) in [6, 6.07) is -4.87. The van der Waals surface area contributed by atoms with Crippen LogP contribution in [0, 0.1) is 23.2 Å². The van der Waals surface area contributed by atoms with Crippen molar-refractivity contribution in [2.24, 2.45) is 23.2 Å². The number of hydrogen-bond donors (Lipinski definition) is 3. The molecule has 1 saturated carbocycles. The van der Waals surface area contributed by atoms with Crippen LogP contribution in [0.1, 0.15) is 46.5 Å². The van der Waals surface area contributed by atoms with Gasteiger partial charge in [0.1, 0.15) is 12.1 Å². The van der Waals surface area contributed by atoms with Crippen molar-refractivity contribution >= 4 is 33.5 Å². The number of carbonyl (C=O) groups is 4. The van der Waals surface area contributed by atoms with Crippen molar-refractivity contribution in [3.8, 4) is 0 Å². The monoisotopic (exact) mass is 632 g/mol. The van der Waals surface area contributed by atoms with E-state index in [0.29, 0.717) is 12.3 Å². The fraction of sp³-hybridized carbons (Fsp3) is 0.760. The first-order valence-electron chi connectivity index (χ1n) is 13.2. The van der Waals surface area contributed by atoms with Crippen LogP contribution in [0.4, 0.5) is 26.3 Å². The molecule has 2 heterocycles. The minimum atomic E-state index is -5.33. The van der Waals surface area contributed by atoms with Crippen LogP contribution in [0.5, 0.6) is 0 Å². The Bertz CT molecular complexity index is 1250. The van der Waals surface area contributed by atoms with Crippen LogP contribution in [-0.2, 0) is 29.0 Å². The number of alkyl halides is 5. The van der Waals surface area contributed by atoms with Gasteiger partial charge in [-0.3, -0.25) is 19.2 Å². The van der Waals surface area contributed by atoms with Crippen LogP contribution in [-0.4, -0.2) is 86.5 Å². The summed E-state index contributed by atoms with van der Waals surface area (Å²) in [5.74, 6) is -11.0. The number of nitrogens with zero attached hydrogens (tertiary/aromatic N) is 1. The molecule has 3 fully saturated rings. The van der Waals surface area contributed by atoms with Crippen molar-refractivity contribution in [2.75, 3.05) is 19.3 Å². The van der Waals surface area contributed by atoms with Gasteiger partial charge in [-0.1, -0.05) is 20.8 Å². The predicted octanol–water partition coefficient (Wildman–Crippen LogP) is 1.82. The van der Waals surface area contributed by atoms with Crippen LogP contribution in [0.15, 0.2) is 11.2 Å². The van der Waals surface area contributed by atoms with Crippen molar-refractivity contribution in [2.45, 2.75) is 76.7 Å². The van der Waals surface area contributed by atoms with Gasteiger partial charge in [0.05, 0.1) is 6.04 Å². The summed E-state index contributed by atoms with van der Waals surface area (Å²) in [5.41, 5.74) is -1.31. The smallest absolute Gasteiger partial charge is 0.356 e. The van der Waals surface area contributed by atoms with E-state index in [1.165, 1.54) is 20.8 Å². The molecule has 1 aliphatic carbocycles. The maximum absolute atomic E-state index is 14.5. The van der Waals surface area contributed by atoms with Crippen LogP contribution in [0.25, 0.3) is 0 Å². The van der Waals surface area contributed by atoms with Gasteiger partial charge in [0, 0.05) is 38.1 Å². The van der Waals surface area contributed by atoms with Gasteiger partial charge >= 0.3 is 12.1 Å². The second-order valence-corrected chi connectivity index (χ2v) is 14.2. The molecule has 3 N–H and O–H groups in total. The van der Waals surface area contributed by atoms with E-state index >= 15 is 0 Å². The zero-order valence-electron chi connectivity index (χ0n) is 23.4. The van der Waals surface area contributed by atoms with E-state index in [1.54, 1.807) is 5.32 Å². The van der Waals surface area contributed by atoms with E-state index in [2.05, 4.69) is 10.6 Å². The van der Waals surface area contributed by atoms with Crippen molar-refractivity contribution in [1.29, 1.82) is 0 Å². The molecule has 0 aromatic carbocycles. The minimum Gasteiger partial charge on any atom is -0.356 e. The number of hydrogen-bond acceptors (Lipinski definition) is 6. The minimum absolute atomic E-state index is 0.252.